The first-order valence-corrected chi connectivity index (χ1v) is 6.30. The van der Waals surface area contributed by atoms with Crippen LogP contribution in [0.2, 0.25) is 0 Å². The maximum atomic E-state index is 6.02. The molecule has 82 valence electrons. The summed E-state index contributed by atoms with van der Waals surface area (Å²) in [4.78, 5) is 0. The minimum atomic E-state index is 0.316. The van der Waals surface area contributed by atoms with E-state index >= 15 is 0 Å². The van der Waals surface area contributed by atoms with Crippen LogP contribution in [0.5, 0.6) is 0 Å². The predicted octanol–water partition coefficient (Wildman–Crippen LogP) is 3.50. The molecule has 1 aliphatic rings. The van der Waals surface area contributed by atoms with Crippen molar-refractivity contribution in [3.05, 3.63) is 35.9 Å². The first-order valence-electron chi connectivity index (χ1n) is 5.77. The van der Waals surface area contributed by atoms with Crippen LogP contribution in [-0.2, 0) is 0 Å². The molecule has 0 aromatic heterocycles. The summed E-state index contributed by atoms with van der Waals surface area (Å²) < 4.78 is 0. The Kier molecular flexibility index (Phi) is 4.04. The molecular weight excluding hydrogens is 206 g/mol. The highest BCUT2D eigenvalue weighted by atomic mass is 35.5. The van der Waals surface area contributed by atoms with E-state index in [1.165, 1.54) is 31.2 Å². The Morgan fingerprint density at radius 2 is 1.87 bits per heavy atom. The number of hydrogen-bond donors (Lipinski definition) is 1. The van der Waals surface area contributed by atoms with Crippen LogP contribution in [0.15, 0.2) is 30.3 Å². The number of benzene rings is 1. The molecule has 1 N–H and O–H groups in total. The predicted molar refractivity (Wildman–Crippen MR) is 65.3 cm³/mol. The fourth-order valence-electron chi connectivity index (χ4n) is 2.29. The normalized spacial score (nSPS) is 19.3. The zero-order valence-electron chi connectivity index (χ0n) is 8.95. The van der Waals surface area contributed by atoms with Crippen molar-refractivity contribution < 1.29 is 0 Å². The van der Waals surface area contributed by atoms with Crippen molar-refractivity contribution in [2.75, 3.05) is 5.88 Å². The first-order chi connectivity index (χ1) is 7.40. The number of halogens is 1. The van der Waals surface area contributed by atoms with Gasteiger partial charge in [0.15, 0.2) is 0 Å². The minimum absolute atomic E-state index is 0.316. The molecule has 1 aromatic rings. The van der Waals surface area contributed by atoms with Crippen LogP contribution in [0.25, 0.3) is 0 Å². The van der Waals surface area contributed by atoms with E-state index in [0.29, 0.717) is 18.0 Å². The van der Waals surface area contributed by atoms with Crippen molar-refractivity contribution in [1.82, 2.24) is 5.32 Å². The Morgan fingerprint density at radius 3 is 2.47 bits per heavy atom. The summed E-state index contributed by atoms with van der Waals surface area (Å²) in [5.74, 6) is 0.653. The molecule has 15 heavy (non-hydrogen) atoms. The Morgan fingerprint density at radius 1 is 1.20 bits per heavy atom. The van der Waals surface area contributed by atoms with Gasteiger partial charge in [-0.1, -0.05) is 43.2 Å². The number of nitrogens with one attached hydrogen (secondary N) is 1. The van der Waals surface area contributed by atoms with Gasteiger partial charge in [-0.2, -0.15) is 0 Å². The van der Waals surface area contributed by atoms with Crippen LogP contribution in [0.4, 0.5) is 0 Å². The third kappa shape index (κ3) is 2.96. The second kappa shape index (κ2) is 5.53. The summed E-state index contributed by atoms with van der Waals surface area (Å²) in [7, 11) is 0. The summed E-state index contributed by atoms with van der Waals surface area (Å²) in [6.45, 7) is 0. The van der Waals surface area contributed by atoms with Crippen molar-refractivity contribution in [1.29, 1.82) is 0 Å². The maximum absolute atomic E-state index is 6.02. The van der Waals surface area contributed by atoms with Gasteiger partial charge in [-0.15, -0.1) is 11.6 Å². The van der Waals surface area contributed by atoms with E-state index in [1.807, 2.05) is 6.07 Å². The van der Waals surface area contributed by atoms with E-state index in [1.54, 1.807) is 0 Å². The number of rotatable bonds is 4. The molecule has 1 fully saturated rings. The molecule has 0 bridgehead atoms. The van der Waals surface area contributed by atoms with Crippen molar-refractivity contribution in [3.8, 4) is 0 Å². The maximum Gasteiger partial charge on any atom is 0.0459 e. The zero-order valence-corrected chi connectivity index (χ0v) is 9.71. The van der Waals surface area contributed by atoms with Crippen molar-refractivity contribution in [2.24, 2.45) is 0 Å². The fourth-order valence-corrected chi connectivity index (χ4v) is 2.56. The minimum Gasteiger partial charge on any atom is -0.306 e. The summed E-state index contributed by atoms with van der Waals surface area (Å²) >= 11 is 6.02. The fraction of sp³-hybridized carbons (Fsp3) is 0.538. The molecule has 0 radical (unpaired) electrons. The van der Waals surface area contributed by atoms with Gasteiger partial charge in [0, 0.05) is 18.0 Å². The molecule has 0 saturated heterocycles. The van der Waals surface area contributed by atoms with Crippen molar-refractivity contribution in [3.63, 3.8) is 0 Å². The molecule has 2 heteroatoms. The second-order valence-electron chi connectivity index (χ2n) is 4.27. The average molecular weight is 224 g/mol. The van der Waals surface area contributed by atoms with Crippen LogP contribution < -0.4 is 5.32 Å². The Balaban J connectivity index is 1.97. The van der Waals surface area contributed by atoms with E-state index in [0.717, 1.165) is 0 Å². The Bertz CT molecular complexity index is 280. The SMILES string of the molecule is ClCC(NC1CCCC1)c1ccccc1. The largest absolute Gasteiger partial charge is 0.306 e. The molecule has 0 aliphatic heterocycles. The van der Waals surface area contributed by atoms with Gasteiger partial charge in [0.25, 0.3) is 0 Å². The molecular formula is C13H18ClN. The molecule has 2 rings (SSSR count). The highest BCUT2D eigenvalue weighted by Gasteiger charge is 2.19. The Hall–Kier alpha value is -0.530. The topological polar surface area (TPSA) is 12.0 Å². The van der Waals surface area contributed by atoms with E-state index < -0.39 is 0 Å². The van der Waals surface area contributed by atoms with Gasteiger partial charge in [0.1, 0.15) is 0 Å². The highest BCUT2D eigenvalue weighted by molar-refractivity contribution is 6.18. The molecule has 1 unspecified atom stereocenters. The molecule has 0 heterocycles. The highest BCUT2D eigenvalue weighted by Crippen LogP contribution is 2.22. The Labute approximate surface area is 96.8 Å². The standard InChI is InChI=1S/C13H18ClN/c14-10-13(11-6-2-1-3-7-11)15-12-8-4-5-9-12/h1-3,6-7,12-13,15H,4-5,8-10H2. The van der Waals surface area contributed by atoms with E-state index in [4.69, 9.17) is 11.6 Å². The summed E-state index contributed by atoms with van der Waals surface area (Å²) in [6, 6.07) is 11.5. The lowest BCUT2D eigenvalue weighted by Gasteiger charge is -2.21. The summed E-state index contributed by atoms with van der Waals surface area (Å²) in [5, 5.41) is 3.65. The molecule has 1 atom stereocenters. The second-order valence-corrected chi connectivity index (χ2v) is 4.57. The number of hydrogen-bond acceptors (Lipinski definition) is 1. The van der Waals surface area contributed by atoms with Crippen LogP contribution in [0.3, 0.4) is 0 Å². The summed E-state index contributed by atoms with van der Waals surface area (Å²) in [5.41, 5.74) is 1.31. The third-order valence-corrected chi connectivity index (χ3v) is 3.46. The van der Waals surface area contributed by atoms with Crippen molar-refractivity contribution in [2.45, 2.75) is 37.8 Å². The first kappa shape index (κ1) is 11.0. The monoisotopic (exact) mass is 223 g/mol. The lowest BCUT2D eigenvalue weighted by Crippen LogP contribution is -2.31. The van der Waals surface area contributed by atoms with Gasteiger partial charge in [0.2, 0.25) is 0 Å². The molecule has 0 spiro atoms. The molecule has 1 nitrogen and oxygen atoms in total. The zero-order chi connectivity index (χ0) is 10.5. The van der Waals surface area contributed by atoms with Gasteiger partial charge in [-0.05, 0) is 18.4 Å². The van der Waals surface area contributed by atoms with Crippen LogP contribution in [0, 0.1) is 0 Å². The van der Waals surface area contributed by atoms with Crippen LogP contribution >= 0.6 is 11.6 Å². The van der Waals surface area contributed by atoms with Gasteiger partial charge in [-0.3, -0.25) is 0 Å². The van der Waals surface area contributed by atoms with Gasteiger partial charge >= 0.3 is 0 Å². The van der Waals surface area contributed by atoms with Crippen molar-refractivity contribution >= 4 is 11.6 Å². The quantitative estimate of drug-likeness (QED) is 0.771. The van der Waals surface area contributed by atoms with Gasteiger partial charge in [0.05, 0.1) is 0 Å². The third-order valence-electron chi connectivity index (χ3n) is 3.15. The number of alkyl halides is 1. The molecule has 1 saturated carbocycles. The summed E-state index contributed by atoms with van der Waals surface area (Å²) in [6.07, 6.45) is 5.34. The van der Waals surface area contributed by atoms with Crippen LogP contribution in [0.1, 0.15) is 37.3 Å². The smallest absolute Gasteiger partial charge is 0.0459 e. The molecule has 1 aliphatic carbocycles. The molecule has 0 amide bonds. The lowest BCUT2D eigenvalue weighted by molar-refractivity contribution is 0.464. The van der Waals surface area contributed by atoms with E-state index in [-0.39, 0.29) is 0 Å². The average Bonchev–Trinajstić information content (AvgIpc) is 2.80. The van der Waals surface area contributed by atoms with Gasteiger partial charge in [-0.25, -0.2) is 0 Å². The lowest BCUT2D eigenvalue weighted by atomic mass is 10.1. The molecule has 1 aromatic carbocycles. The van der Waals surface area contributed by atoms with E-state index in [2.05, 4.69) is 29.6 Å². The van der Waals surface area contributed by atoms with Crippen LogP contribution in [-0.4, -0.2) is 11.9 Å². The van der Waals surface area contributed by atoms with E-state index in [9.17, 15) is 0 Å². The van der Waals surface area contributed by atoms with Gasteiger partial charge < -0.3 is 5.32 Å².